The molecular weight excluding hydrogens is 347 g/mol. The highest BCUT2D eigenvalue weighted by molar-refractivity contribution is 5.94. The number of halogens is 3. The molecular formula is C18H14F3N3O2. The molecule has 26 heavy (non-hydrogen) atoms. The first kappa shape index (κ1) is 17.7. The molecule has 0 unspecified atom stereocenters. The van der Waals surface area contributed by atoms with Gasteiger partial charge in [-0.2, -0.15) is 18.2 Å². The standard InChI is InChI=1S/C18H14F3N3O2/c1-11(17-23-15(24-26-17)12-5-3-2-4-6-12)22-16(25)13-7-9-14(10-8-13)18(19,20)21/h2-11H,1H3,(H,22,25)/t11-/m1/s1. The van der Waals surface area contributed by atoms with Crippen molar-refractivity contribution in [3.8, 4) is 11.4 Å². The fourth-order valence-electron chi connectivity index (χ4n) is 2.27. The van der Waals surface area contributed by atoms with E-state index >= 15 is 0 Å². The summed E-state index contributed by atoms with van der Waals surface area (Å²) in [5.74, 6) is 0.0472. The zero-order valence-corrected chi connectivity index (χ0v) is 13.6. The van der Waals surface area contributed by atoms with Gasteiger partial charge < -0.3 is 9.84 Å². The highest BCUT2D eigenvalue weighted by Crippen LogP contribution is 2.29. The van der Waals surface area contributed by atoms with Crippen LogP contribution >= 0.6 is 0 Å². The van der Waals surface area contributed by atoms with Gasteiger partial charge in [0.25, 0.3) is 5.91 Å². The average Bonchev–Trinajstić information content (AvgIpc) is 3.12. The Morgan fingerprint density at radius 3 is 2.35 bits per heavy atom. The SMILES string of the molecule is C[C@@H](NC(=O)c1ccc(C(F)(F)F)cc1)c1nc(-c2ccccc2)no1. The topological polar surface area (TPSA) is 68.0 Å². The first-order valence-corrected chi connectivity index (χ1v) is 7.72. The van der Waals surface area contributed by atoms with Crippen molar-refractivity contribution >= 4 is 5.91 Å². The first-order chi connectivity index (χ1) is 12.3. The lowest BCUT2D eigenvalue weighted by Crippen LogP contribution is -2.26. The van der Waals surface area contributed by atoms with E-state index in [9.17, 15) is 18.0 Å². The molecule has 134 valence electrons. The number of hydrogen-bond acceptors (Lipinski definition) is 4. The smallest absolute Gasteiger partial charge is 0.341 e. The summed E-state index contributed by atoms with van der Waals surface area (Å²) in [6.07, 6.45) is -4.44. The molecule has 0 bridgehead atoms. The van der Waals surface area contributed by atoms with Gasteiger partial charge in [0.15, 0.2) is 0 Å². The number of rotatable bonds is 4. The van der Waals surface area contributed by atoms with Gasteiger partial charge >= 0.3 is 6.18 Å². The number of carbonyl (C=O) groups excluding carboxylic acids is 1. The molecule has 0 radical (unpaired) electrons. The Morgan fingerprint density at radius 1 is 1.08 bits per heavy atom. The summed E-state index contributed by atoms with van der Waals surface area (Å²) in [5.41, 5.74) is 0.0583. The van der Waals surface area contributed by atoms with E-state index in [1.54, 1.807) is 6.92 Å². The number of nitrogens with zero attached hydrogens (tertiary/aromatic N) is 2. The Labute approximate surface area is 146 Å². The molecule has 0 saturated carbocycles. The molecule has 5 nitrogen and oxygen atoms in total. The third-order valence-corrected chi connectivity index (χ3v) is 3.67. The zero-order valence-electron chi connectivity index (χ0n) is 13.6. The molecule has 0 aliphatic carbocycles. The number of carbonyl (C=O) groups is 1. The summed E-state index contributed by atoms with van der Waals surface area (Å²) < 4.78 is 42.9. The van der Waals surface area contributed by atoms with Crippen molar-refractivity contribution in [2.24, 2.45) is 0 Å². The number of nitrogens with one attached hydrogen (secondary N) is 1. The van der Waals surface area contributed by atoms with Crippen LogP contribution in [0.5, 0.6) is 0 Å². The van der Waals surface area contributed by atoms with Crippen LogP contribution in [0, 0.1) is 0 Å². The quantitative estimate of drug-likeness (QED) is 0.754. The number of alkyl halides is 3. The molecule has 1 amide bonds. The van der Waals surface area contributed by atoms with Crippen LogP contribution in [0.4, 0.5) is 13.2 Å². The molecule has 3 rings (SSSR count). The minimum atomic E-state index is -4.44. The third-order valence-electron chi connectivity index (χ3n) is 3.67. The first-order valence-electron chi connectivity index (χ1n) is 7.72. The molecule has 1 N–H and O–H groups in total. The summed E-state index contributed by atoms with van der Waals surface area (Å²) >= 11 is 0. The highest BCUT2D eigenvalue weighted by atomic mass is 19.4. The summed E-state index contributed by atoms with van der Waals surface area (Å²) in [6, 6.07) is 12.5. The van der Waals surface area contributed by atoms with Crippen LogP contribution in [0.3, 0.4) is 0 Å². The van der Waals surface area contributed by atoms with Crippen molar-refractivity contribution in [3.63, 3.8) is 0 Å². The predicted molar refractivity (Wildman–Crippen MR) is 87.1 cm³/mol. The van der Waals surface area contributed by atoms with E-state index in [1.165, 1.54) is 0 Å². The Kier molecular flexibility index (Phi) is 4.75. The van der Waals surface area contributed by atoms with Crippen molar-refractivity contribution in [3.05, 3.63) is 71.6 Å². The van der Waals surface area contributed by atoms with Crippen molar-refractivity contribution in [1.82, 2.24) is 15.5 Å². The summed E-state index contributed by atoms with van der Waals surface area (Å²) in [4.78, 5) is 16.4. The van der Waals surface area contributed by atoms with Gasteiger partial charge in [0.2, 0.25) is 11.7 Å². The maximum Gasteiger partial charge on any atom is 0.416 e. The van der Waals surface area contributed by atoms with Gasteiger partial charge in [0, 0.05) is 11.1 Å². The van der Waals surface area contributed by atoms with Gasteiger partial charge in [-0.3, -0.25) is 4.79 Å². The third kappa shape index (κ3) is 3.90. The number of hydrogen-bond donors (Lipinski definition) is 1. The fourth-order valence-corrected chi connectivity index (χ4v) is 2.27. The van der Waals surface area contributed by atoms with E-state index in [4.69, 9.17) is 4.52 Å². The maximum atomic E-state index is 12.6. The number of aromatic nitrogens is 2. The molecule has 0 spiro atoms. The Balaban J connectivity index is 1.69. The van der Waals surface area contributed by atoms with Crippen LogP contribution in [0.2, 0.25) is 0 Å². The van der Waals surface area contributed by atoms with Gasteiger partial charge in [-0.25, -0.2) is 0 Å². The summed E-state index contributed by atoms with van der Waals surface area (Å²) in [6.45, 7) is 1.64. The van der Waals surface area contributed by atoms with E-state index in [-0.39, 0.29) is 11.5 Å². The second-order valence-corrected chi connectivity index (χ2v) is 5.59. The van der Waals surface area contributed by atoms with Gasteiger partial charge in [-0.05, 0) is 31.2 Å². The molecule has 2 aromatic carbocycles. The van der Waals surface area contributed by atoms with Gasteiger partial charge in [-0.1, -0.05) is 35.5 Å². The normalized spacial score (nSPS) is 12.6. The Morgan fingerprint density at radius 2 is 1.73 bits per heavy atom. The largest absolute Gasteiger partial charge is 0.416 e. The van der Waals surface area contributed by atoms with Gasteiger partial charge in [0.1, 0.15) is 6.04 Å². The molecule has 1 heterocycles. The zero-order chi connectivity index (χ0) is 18.7. The molecule has 3 aromatic rings. The summed E-state index contributed by atoms with van der Waals surface area (Å²) in [5, 5.41) is 6.48. The van der Waals surface area contributed by atoms with E-state index in [0.717, 1.165) is 29.8 Å². The molecule has 0 fully saturated rings. The molecule has 8 heteroatoms. The van der Waals surface area contributed by atoms with Crippen LogP contribution in [-0.4, -0.2) is 16.0 Å². The van der Waals surface area contributed by atoms with Crippen LogP contribution in [0.1, 0.15) is 34.8 Å². The van der Waals surface area contributed by atoms with Crippen LogP contribution in [0.15, 0.2) is 59.1 Å². The lowest BCUT2D eigenvalue weighted by atomic mass is 10.1. The van der Waals surface area contributed by atoms with Crippen molar-refractivity contribution in [2.75, 3.05) is 0 Å². The molecule has 1 atom stereocenters. The summed E-state index contributed by atoms with van der Waals surface area (Å²) in [7, 11) is 0. The van der Waals surface area contributed by atoms with E-state index < -0.39 is 23.7 Å². The van der Waals surface area contributed by atoms with E-state index in [0.29, 0.717) is 5.82 Å². The second kappa shape index (κ2) is 6.99. The van der Waals surface area contributed by atoms with Gasteiger partial charge in [-0.15, -0.1) is 0 Å². The Bertz CT molecular complexity index is 890. The molecule has 0 saturated heterocycles. The number of amides is 1. The highest BCUT2D eigenvalue weighted by Gasteiger charge is 2.30. The molecule has 0 aliphatic heterocycles. The van der Waals surface area contributed by atoms with Crippen molar-refractivity contribution in [1.29, 1.82) is 0 Å². The van der Waals surface area contributed by atoms with Crippen LogP contribution < -0.4 is 5.32 Å². The van der Waals surface area contributed by atoms with E-state index in [2.05, 4.69) is 15.5 Å². The fraction of sp³-hybridized carbons (Fsp3) is 0.167. The average molecular weight is 361 g/mol. The van der Waals surface area contributed by atoms with E-state index in [1.807, 2.05) is 30.3 Å². The molecule has 0 aliphatic rings. The van der Waals surface area contributed by atoms with Crippen molar-refractivity contribution in [2.45, 2.75) is 19.1 Å². The lowest BCUT2D eigenvalue weighted by Gasteiger charge is -2.11. The maximum absolute atomic E-state index is 12.6. The van der Waals surface area contributed by atoms with Gasteiger partial charge in [0.05, 0.1) is 5.56 Å². The van der Waals surface area contributed by atoms with Crippen LogP contribution in [-0.2, 0) is 6.18 Å². The minimum Gasteiger partial charge on any atom is -0.341 e. The monoisotopic (exact) mass is 361 g/mol. The number of benzene rings is 2. The molecule has 1 aromatic heterocycles. The predicted octanol–water partition coefficient (Wildman–Crippen LogP) is 4.25. The Hall–Kier alpha value is -3.16. The van der Waals surface area contributed by atoms with Crippen molar-refractivity contribution < 1.29 is 22.5 Å². The minimum absolute atomic E-state index is 0.104. The lowest BCUT2D eigenvalue weighted by molar-refractivity contribution is -0.137. The second-order valence-electron chi connectivity index (χ2n) is 5.59. The van der Waals surface area contributed by atoms with Crippen LogP contribution in [0.25, 0.3) is 11.4 Å².